The molecular formula is C17H15FN2O2S. The van der Waals surface area contributed by atoms with Crippen LogP contribution in [0, 0.1) is 5.82 Å². The molecule has 6 heteroatoms. The van der Waals surface area contributed by atoms with Gasteiger partial charge in [-0.3, -0.25) is 0 Å². The summed E-state index contributed by atoms with van der Waals surface area (Å²) in [5.41, 5.74) is 1.86. The summed E-state index contributed by atoms with van der Waals surface area (Å²) in [4.78, 5) is 11.8. The van der Waals surface area contributed by atoms with E-state index in [0.29, 0.717) is 18.8 Å². The normalized spacial score (nSPS) is 10.5. The van der Waals surface area contributed by atoms with E-state index in [2.05, 4.69) is 10.6 Å². The van der Waals surface area contributed by atoms with Crippen LogP contribution in [0.25, 0.3) is 11.3 Å². The molecule has 2 aromatic heterocycles. The molecule has 2 amide bonds. The number of nitrogens with one attached hydrogen (secondary N) is 2. The van der Waals surface area contributed by atoms with E-state index in [1.54, 1.807) is 23.5 Å². The lowest BCUT2D eigenvalue weighted by Gasteiger charge is -2.06. The van der Waals surface area contributed by atoms with Gasteiger partial charge in [-0.25, -0.2) is 9.18 Å². The van der Waals surface area contributed by atoms with Crippen molar-refractivity contribution in [1.29, 1.82) is 0 Å². The largest absolute Gasteiger partial charge is 0.459 e. The first kappa shape index (κ1) is 15.3. The maximum Gasteiger partial charge on any atom is 0.315 e. The van der Waals surface area contributed by atoms with E-state index >= 15 is 0 Å². The molecule has 0 atom stereocenters. The van der Waals surface area contributed by atoms with Crippen LogP contribution in [-0.4, -0.2) is 6.03 Å². The Kier molecular flexibility index (Phi) is 4.73. The highest BCUT2D eigenvalue weighted by Crippen LogP contribution is 2.24. The zero-order chi connectivity index (χ0) is 16.1. The predicted molar refractivity (Wildman–Crippen MR) is 87.5 cm³/mol. The minimum Gasteiger partial charge on any atom is -0.459 e. The molecular weight excluding hydrogens is 315 g/mol. The molecule has 118 valence electrons. The van der Waals surface area contributed by atoms with Gasteiger partial charge in [0.2, 0.25) is 0 Å². The number of amides is 2. The van der Waals surface area contributed by atoms with Crippen molar-refractivity contribution in [3.05, 3.63) is 70.4 Å². The standard InChI is InChI=1S/C17H15FN2O2S/c18-14-3-1-12(2-4-14)9-19-17(21)20-10-15-5-6-16(22-15)13-7-8-23-11-13/h1-8,11H,9-10H2,(H2,19,20,21). The molecule has 0 radical (unpaired) electrons. The van der Waals surface area contributed by atoms with Gasteiger partial charge >= 0.3 is 6.03 Å². The van der Waals surface area contributed by atoms with Crippen molar-refractivity contribution in [1.82, 2.24) is 10.6 Å². The van der Waals surface area contributed by atoms with E-state index in [-0.39, 0.29) is 11.8 Å². The number of furan rings is 1. The SMILES string of the molecule is O=C(NCc1ccc(F)cc1)NCc1ccc(-c2ccsc2)o1. The van der Waals surface area contributed by atoms with Crippen LogP contribution in [0.1, 0.15) is 11.3 Å². The third-order valence-corrected chi connectivity index (χ3v) is 3.94. The second kappa shape index (κ2) is 7.11. The number of rotatable bonds is 5. The quantitative estimate of drug-likeness (QED) is 0.738. The summed E-state index contributed by atoms with van der Waals surface area (Å²) in [5.74, 6) is 1.18. The van der Waals surface area contributed by atoms with Gasteiger partial charge in [-0.15, -0.1) is 0 Å². The Bertz CT molecular complexity index is 766. The molecule has 3 aromatic rings. The summed E-state index contributed by atoms with van der Waals surface area (Å²) in [5, 5.41) is 9.42. The molecule has 0 spiro atoms. The summed E-state index contributed by atoms with van der Waals surface area (Å²) in [6.07, 6.45) is 0. The number of hydrogen-bond acceptors (Lipinski definition) is 3. The molecule has 0 bridgehead atoms. The van der Waals surface area contributed by atoms with Crippen LogP contribution in [0.5, 0.6) is 0 Å². The third kappa shape index (κ3) is 4.20. The Morgan fingerprint density at radius 3 is 2.57 bits per heavy atom. The lowest BCUT2D eigenvalue weighted by atomic mass is 10.2. The van der Waals surface area contributed by atoms with Crippen molar-refractivity contribution in [2.24, 2.45) is 0 Å². The monoisotopic (exact) mass is 330 g/mol. The van der Waals surface area contributed by atoms with Gasteiger partial charge in [0.1, 0.15) is 17.3 Å². The number of halogens is 1. The summed E-state index contributed by atoms with van der Waals surface area (Å²) in [7, 11) is 0. The molecule has 0 fully saturated rings. The molecule has 4 nitrogen and oxygen atoms in total. The first-order valence-corrected chi connectivity index (χ1v) is 8.02. The van der Waals surface area contributed by atoms with Crippen molar-refractivity contribution in [3.8, 4) is 11.3 Å². The van der Waals surface area contributed by atoms with E-state index < -0.39 is 0 Å². The fourth-order valence-electron chi connectivity index (χ4n) is 2.05. The first-order valence-electron chi connectivity index (χ1n) is 7.08. The molecule has 1 aromatic carbocycles. The maximum absolute atomic E-state index is 12.8. The zero-order valence-electron chi connectivity index (χ0n) is 12.2. The highest BCUT2D eigenvalue weighted by atomic mass is 32.1. The Balaban J connectivity index is 1.46. The lowest BCUT2D eigenvalue weighted by molar-refractivity contribution is 0.239. The van der Waals surface area contributed by atoms with Crippen LogP contribution in [0.2, 0.25) is 0 Å². The minimum atomic E-state index is -0.303. The summed E-state index contributed by atoms with van der Waals surface area (Å²) in [6.45, 7) is 0.643. The van der Waals surface area contributed by atoms with E-state index in [1.807, 2.05) is 29.0 Å². The molecule has 2 N–H and O–H groups in total. The molecule has 0 saturated carbocycles. The van der Waals surface area contributed by atoms with Crippen molar-refractivity contribution < 1.29 is 13.6 Å². The van der Waals surface area contributed by atoms with Crippen LogP contribution in [0.3, 0.4) is 0 Å². The van der Waals surface area contributed by atoms with E-state index in [0.717, 1.165) is 16.9 Å². The van der Waals surface area contributed by atoms with Gasteiger partial charge < -0.3 is 15.1 Å². The van der Waals surface area contributed by atoms with E-state index in [1.165, 1.54) is 12.1 Å². The molecule has 3 rings (SSSR count). The smallest absolute Gasteiger partial charge is 0.315 e. The van der Waals surface area contributed by atoms with Crippen LogP contribution in [0.15, 0.2) is 57.6 Å². The molecule has 0 saturated heterocycles. The average molecular weight is 330 g/mol. The topological polar surface area (TPSA) is 54.3 Å². The third-order valence-electron chi connectivity index (χ3n) is 3.26. The minimum absolute atomic E-state index is 0.294. The second-order valence-corrected chi connectivity index (χ2v) is 5.72. The molecule has 0 aliphatic carbocycles. The van der Waals surface area contributed by atoms with Gasteiger partial charge in [0.05, 0.1) is 6.54 Å². The van der Waals surface area contributed by atoms with Gasteiger partial charge in [-0.2, -0.15) is 11.3 Å². The van der Waals surface area contributed by atoms with Gasteiger partial charge in [-0.1, -0.05) is 12.1 Å². The van der Waals surface area contributed by atoms with Gasteiger partial charge in [0.25, 0.3) is 0 Å². The number of carbonyl (C=O) groups excluding carboxylic acids is 1. The predicted octanol–water partition coefficient (Wildman–Crippen LogP) is 4.15. The summed E-state index contributed by atoms with van der Waals surface area (Å²) in [6, 6.07) is 11.4. The fourth-order valence-corrected chi connectivity index (χ4v) is 2.69. The zero-order valence-corrected chi connectivity index (χ0v) is 13.0. The van der Waals surface area contributed by atoms with Crippen LogP contribution in [0.4, 0.5) is 9.18 Å². The van der Waals surface area contributed by atoms with Crippen molar-refractivity contribution in [2.75, 3.05) is 0 Å². The Morgan fingerprint density at radius 1 is 1.04 bits per heavy atom. The summed E-state index contributed by atoms with van der Waals surface area (Å²) < 4.78 is 18.5. The summed E-state index contributed by atoms with van der Waals surface area (Å²) >= 11 is 1.60. The van der Waals surface area contributed by atoms with Gasteiger partial charge in [0, 0.05) is 17.5 Å². The highest BCUT2D eigenvalue weighted by Gasteiger charge is 2.07. The lowest BCUT2D eigenvalue weighted by Crippen LogP contribution is -2.34. The average Bonchev–Trinajstić information content (AvgIpc) is 3.23. The van der Waals surface area contributed by atoms with Crippen molar-refractivity contribution in [2.45, 2.75) is 13.1 Å². The fraction of sp³-hybridized carbons (Fsp3) is 0.118. The number of hydrogen-bond donors (Lipinski definition) is 2. The second-order valence-electron chi connectivity index (χ2n) is 4.94. The molecule has 0 aliphatic rings. The van der Waals surface area contributed by atoms with Crippen LogP contribution >= 0.6 is 11.3 Å². The van der Waals surface area contributed by atoms with Crippen LogP contribution < -0.4 is 10.6 Å². The number of thiophene rings is 1. The van der Waals surface area contributed by atoms with Crippen molar-refractivity contribution in [3.63, 3.8) is 0 Å². The maximum atomic E-state index is 12.8. The Morgan fingerprint density at radius 2 is 1.83 bits per heavy atom. The molecule has 0 aliphatic heterocycles. The molecule has 23 heavy (non-hydrogen) atoms. The number of urea groups is 1. The van der Waals surface area contributed by atoms with E-state index in [9.17, 15) is 9.18 Å². The Labute approximate surface area is 137 Å². The van der Waals surface area contributed by atoms with Crippen molar-refractivity contribution >= 4 is 17.4 Å². The van der Waals surface area contributed by atoms with Gasteiger partial charge in [-0.05, 0) is 41.3 Å². The van der Waals surface area contributed by atoms with Crippen LogP contribution in [-0.2, 0) is 13.1 Å². The van der Waals surface area contributed by atoms with E-state index in [4.69, 9.17) is 4.42 Å². The molecule has 0 unspecified atom stereocenters. The van der Waals surface area contributed by atoms with Gasteiger partial charge in [0.15, 0.2) is 0 Å². The number of benzene rings is 1. The first-order chi connectivity index (χ1) is 11.2. The molecule has 2 heterocycles. The highest BCUT2D eigenvalue weighted by molar-refractivity contribution is 7.08. The number of carbonyl (C=O) groups is 1. The Hall–Kier alpha value is -2.60.